The van der Waals surface area contributed by atoms with Crippen molar-refractivity contribution in [1.82, 2.24) is 15.1 Å². The number of amides is 1. The Hall–Kier alpha value is -2.12. The zero-order valence-corrected chi connectivity index (χ0v) is 15.1. The van der Waals surface area contributed by atoms with Crippen LogP contribution in [0.2, 0.25) is 0 Å². The van der Waals surface area contributed by atoms with Gasteiger partial charge < -0.3 is 19.2 Å². The maximum atomic E-state index is 12.1. The number of ether oxygens (including phenoxy) is 2. The van der Waals surface area contributed by atoms with E-state index in [1.807, 2.05) is 11.6 Å². The first-order chi connectivity index (χ1) is 12.6. The second kappa shape index (κ2) is 5.69. The summed E-state index contributed by atoms with van der Waals surface area (Å²) in [5.74, 6) is 1.11. The minimum absolute atomic E-state index is 0.0339. The van der Waals surface area contributed by atoms with E-state index in [9.17, 15) is 4.79 Å². The third kappa shape index (κ3) is 2.34. The van der Waals surface area contributed by atoms with Crippen LogP contribution in [-0.2, 0) is 27.9 Å². The lowest BCUT2D eigenvalue weighted by Gasteiger charge is -2.22. The molecule has 26 heavy (non-hydrogen) atoms. The van der Waals surface area contributed by atoms with E-state index < -0.39 is 0 Å². The number of hydrogen-bond donors (Lipinski definition) is 1. The molecule has 2 fully saturated rings. The highest BCUT2D eigenvalue weighted by Gasteiger charge is 2.52. The van der Waals surface area contributed by atoms with E-state index in [-0.39, 0.29) is 17.4 Å². The molecule has 1 saturated heterocycles. The molecule has 1 amide bonds. The third-order valence-corrected chi connectivity index (χ3v) is 5.85. The standard InChI is InChI=1S/C19H23N3O4/c1-11-15-14(26-17(11)18(23)20-2)7-19(3-4-19)13-9-22(21-16(13)15)8-12-10-24-5-6-25-12/h9,12H,3-8,10H2,1-2H3,(H,20,23)/t12-/m0/s1. The second-order valence-electron chi connectivity index (χ2n) is 7.57. The van der Waals surface area contributed by atoms with E-state index in [4.69, 9.17) is 19.0 Å². The van der Waals surface area contributed by atoms with Crippen LogP contribution in [0, 0.1) is 6.92 Å². The lowest BCUT2D eigenvalue weighted by molar-refractivity contribution is -0.0946. The van der Waals surface area contributed by atoms with Gasteiger partial charge in [0.15, 0.2) is 5.76 Å². The fourth-order valence-corrected chi connectivity index (χ4v) is 4.28. The fraction of sp³-hybridized carbons (Fsp3) is 0.579. The molecule has 7 heteroatoms. The van der Waals surface area contributed by atoms with Gasteiger partial charge in [-0.05, 0) is 19.8 Å². The highest BCUT2D eigenvalue weighted by Crippen LogP contribution is 2.58. The Morgan fingerprint density at radius 1 is 1.42 bits per heavy atom. The van der Waals surface area contributed by atoms with Crippen LogP contribution in [0.5, 0.6) is 0 Å². The molecule has 2 aromatic rings. The van der Waals surface area contributed by atoms with Crippen molar-refractivity contribution in [2.45, 2.75) is 44.2 Å². The number of hydrogen-bond acceptors (Lipinski definition) is 5. The van der Waals surface area contributed by atoms with Gasteiger partial charge in [-0.1, -0.05) is 0 Å². The minimum atomic E-state index is -0.185. The summed E-state index contributed by atoms with van der Waals surface area (Å²) in [6.45, 7) is 4.52. The molecule has 1 atom stereocenters. The number of fused-ring (bicyclic) bond motifs is 4. The molecule has 1 spiro atoms. The van der Waals surface area contributed by atoms with Crippen LogP contribution in [0.25, 0.3) is 11.3 Å². The molecule has 1 N–H and O–H groups in total. The molecule has 3 aliphatic rings. The number of furan rings is 1. The summed E-state index contributed by atoms with van der Waals surface area (Å²) in [6.07, 6.45) is 5.33. The van der Waals surface area contributed by atoms with Crippen LogP contribution in [0.1, 0.15) is 40.3 Å². The van der Waals surface area contributed by atoms with Crippen LogP contribution >= 0.6 is 0 Å². The summed E-state index contributed by atoms with van der Waals surface area (Å²) in [7, 11) is 1.62. The average Bonchev–Trinajstić information content (AvgIpc) is 3.16. The SMILES string of the molecule is CNC(=O)c1oc2c(c1C)-c1nn(C[C@H]3COCCO3)cc1C1(CC1)C2. The Kier molecular flexibility index (Phi) is 3.52. The van der Waals surface area contributed by atoms with E-state index in [1.165, 1.54) is 5.56 Å². The first-order valence-corrected chi connectivity index (χ1v) is 9.23. The Labute approximate surface area is 151 Å². The predicted molar refractivity (Wildman–Crippen MR) is 93.2 cm³/mol. The number of nitrogens with one attached hydrogen (secondary N) is 1. The summed E-state index contributed by atoms with van der Waals surface area (Å²) in [5, 5.41) is 7.53. The van der Waals surface area contributed by atoms with Crippen LogP contribution in [0.4, 0.5) is 0 Å². The molecule has 7 nitrogen and oxygen atoms in total. The van der Waals surface area contributed by atoms with Crippen molar-refractivity contribution in [3.05, 3.63) is 28.8 Å². The van der Waals surface area contributed by atoms with E-state index in [0.717, 1.165) is 41.8 Å². The van der Waals surface area contributed by atoms with E-state index in [1.54, 1.807) is 7.05 Å². The molecule has 1 saturated carbocycles. The smallest absolute Gasteiger partial charge is 0.287 e. The largest absolute Gasteiger partial charge is 0.455 e. The molecule has 0 bridgehead atoms. The van der Waals surface area contributed by atoms with Crippen molar-refractivity contribution < 1.29 is 18.7 Å². The monoisotopic (exact) mass is 357 g/mol. The van der Waals surface area contributed by atoms with Crippen LogP contribution in [-0.4, -0.2) is 48.7 Å². The summed E-state index contributed by atoms with van der Waals surface area (Å²) in [6, 6.07) is 0. The van der Waals surface area contributed by atoms with Crippen molar-refractivity contribution in [2.24, 2.45) is 0 Å². The maximum absolute atomic E-state index is 12.1. The maximum Gasteiger partial charge on any atom is 0.287 e. The van der Waals surface area contributed by atoms with Crippen molar-refractivity contribution >= 4 is 5.91 Å². The Balaban J connectivity index is 1.55. The normalized spacial score (nSPS) is 22.8. The molecule has 138 valence electrons. The molecule has 0 aromatic carbocycles. The molecule has 5 rings (SSSR count). The van der Waals surface area contributed by atoms with Crippen molar-refractivity contribution in [2.75, 3.05) is 26.9 Å². The second-order valence-corrected chi connectivity index (χ2v) is 7.57. The Morgan fingerprint density at radius 2 is 2.27 bits per heavy atom. The first-order valence-electron chi connectivity index (χ1n) is 9.23. The van der Waals surface area contributed by atoms with E-state index >= 15 is 0 Å². The molecule has 3 heterocycles. The third-order valence-electron chi connectivity index (χ3n) is 5.85. The van der Waals surface area contributed by atoms with Gasteiger partial charge in [0.05, 0.1) is 32.1 Å². The average molecular weight is 357 g/mol. The zero-order valence-electron chi connectivity index (χ0n) is 15.1. The minimum Gasteiger partial charge on any atom is -0.455 e. The van der Waals surface area contributed by atoms with Gasteiger partial charge >= 0.3 is 0 Å². The molecular formula is C19H23N3O4. The zero-order chi connectivity index (χ0) is 17.9. The predicted octanol–water partition coefficient (Wildman–Crippen LogP) is 1.81. The number of nitrogens with zero attached hydrogens (tertiary/aromatic N) is 2. The number of carbonyl (C=O) groups excluding carboxylic acids is 1. The van der Waals surface area contributed by atoms with Gasteiger partial charge in [0.1, 0.15) is 11.9 Å². The molecular weight excluding hydrogens is 334 g/mol. The van der Waals surface area contributed by atoms with E-state index in [0.29, 0.717) is 32.1 Å². The van der Waals surface area contributed by atoms with Gasteiger partial charge in [0.25, 0.3) is 5.91 Å². The molecule has 0 radical (unpaired) electrons. The number of rotatable bonds is 3. The topological polar surface area (TPSA) is 78.5 Å². The lowest BCUT2D eigenvalue weighted by atomic mass is 9.82. The van der Waals surface area contributed by atoms with Crippen LogP contribution in [0.15, 0.2) is 10.6 Å². The first kappa shape index (κ1) is 16.1. The van der Waals surface area contributed by atoms with Crippen LogP contribution in [0.3, 0.4) is 0 Å². The van der Waals surface area contributed by atoms with Gasteiger partial charge in [-0.3, -0.25) is 9.48 Å². The van der Waals surface area contributed by atoms with Crippen molar-refractivity contribution in [3.63, 3.8) is 0 Å². The summed E-state index contributed by atoms with van der Waals surface area (Å²) in [5.41, 5.74) is 4.26. The van der Waals surface area contributed by atoms with Crippen LogP contribution < -0.4 is 5.32 Å². The molecule has 0 unspecified atom stereocenters. The lowest BCUT2D eigenvalue weighted by Crippen LogP contribution is -2.32. The molecule has 2 aliphatic carbocycles. The number of aromatic nitrogens is 2. The Bertz CT molecular complexity index is 872. The quantitative estimate of drug-likeness (QED) is 0.906. The fourth-order valence-electron chi connectivity index (χ4n) is 4.28. The summed E-state index contributed by atoms with van der Waals surface area (Å²) >= 11 is 0. The Morgan fingerprint density at radius 3 is 2.96 bits per heavy atom. The van der Waals surface area contributed by atoms with Gasteiger partial charge in [0.2, 0.25) is 0 Å². The molecule has 2 aromatic heterocycles. The van der Waals surface area contributed by atoms with Gasteiger partial charge in [-0.15, -0.1) is 0 Å². The highest BCUT2D eigenvalue weighted by molar-refractivity contribution is 5.95. The van der Waals surface area contributed by atoms with Gasteiger partial charge in [0, 0.05) is 41.8 Å². The number of carbonyl (C=O) groups is 1. The van der Waals surface area contributed by atoms with Crippen molar-refractivity contribution in [3.8, 4) is 11.3 Å². The summed E-state index contributed by atoms with van der Waals surface area (Å²) in [4.78, 5) is 12.1. The van der Waals surface area contributed by atoms with Crippen molar-refractivity contribution in [1.29, 1.82) is 0 Å². The van der Waals surface area contributed by atoms with Gasteiger partial charge in [-0.25, -0.2) is 0 Å². The summed E-state index contributed by atoms with van der Waals surface area (Å²) < 4.78 is 19.2. The van der Waals surface area contributed by atoms with E-state index in [2.05, 4.69) is 11.5 Å². The van der Waals surface area contributed by atoms with Gasteiger partial charge in [-0.2, -0.15) is 5.10 Å². The molecule has 1 aliphatic heterocycles. The highest BCUT2D eigenvalue weighted by atomic mass is 16.6.